The first-order valence-electron chi connectivity index (χ1n) is 8.85. The van der Waals surface area contributed by atoms with Crippen LogP contribution in [0.4, 0.5) is 22.0 Å². The molecule has 34 heavy (non-hydrogen) atoms. The van der Waals surface area contributed by atoms with E-state index < -0.39 is 63.1 Å². The van der Waals surface area contributed by atoms with Crippen LogP contribution in [0.25, 0.3) is 6.08 Å². The number of phenols is 1. The first kappa shape index (κ1) is 28.0. The van der Waals surface area contributed by atoms with Gasteiger partial charge in [0, 0.05) is 0 Å². The zero-order valence-electron chi connectivity index (χ0n) is 16.6. The van der Waals surface area contributed by atoms with Crippen molar-refractivity contribution in [2.45, 2.75) is 19.2 Å². The van der Waals surface area contributed by atoms with Crippen LogP contribution in [0.5, 0.6) is 11.5 Å². The molecule has 0 aliphatic carbocycles. The second-order valence-corrected chi connectivity index (χ2v) is 7.92. The summed E-state index contributed by atoms with van der Waals surface area (Å²) in [5, 5.41) is 7.90. The van der Waals surface area contributed by atoms with Gasteiger partial charge in [0.25, 0.3) is 0 Å². The van der Waals surface area contributed by atoms with Crippen LogP contribution in [0.1, 0.15) is 22.8 Å². The average Bonchev–Trinajstić information content (AvgIpc) is 2.76. The van der Waals surface area contributed by atoms with E-state index >= 15 is 0 Å². The molecule has 0 radical (unpaired) electrons. The van der Waals surface area contributed by atoms with E-state index in [0.29, 0.717) is 6.08 Å². The van der Waals surface area contributed by atoms with Crippen molar-refractivity contribution in [2.75, 3.05) is 6.61 Å². The van der Waals surface area contributed by atoms with Crippen molar-refractivity contribution >= 4 is 64.7 Å². The van der Waals surface area contributed by atoms with Crippen molar-refractivity contribution in [1.82, 2.24) is 0 Å². The Labute approximate surface area is 208 Å². The summed E-state index contributed by atoms with van der Waals surface area (Å²) in [6, 6.07) is 1.95. The minimum Gasteiger partial charge on any atom is -0.506 e. The highest BCUT2D eigenvalue weighted by Gasteiger charge is 2.49. The Kier molecular flexibility index (Phi) is 9.04. The number of ether oxygens (including phenoxy) is 2. The largest absolute Gasteiger partial charge is 0.506 e. The number of aromatic hydroxyl groups is 1. The number of benzene rings is 2. The van der Waals surface area contributed by atoms with Crippen molar-refractivity contribution in [1.29, 1.82) is 0 Å². The molecule has 184 valence electrons. The maximum atomic E-state index is 14.0. The van der Waals surface area contributed by atoms with Gasteiger partial charge in [-0.05, 0) is 25.1 Å². The Morgan fingerprint density at radius 3 is 2.18 bits per heavy atom. The molecule has 0 spiro atoms. The Morgan fingerprint density at radius 2 is 1.65 bits per heavy atom. The lowest BCUT2D eigenvalue weighted by Crippen LogP contribution is -2.41. The van der Waals surface area contributed by atoms with Crippen molar-refractivity contribution in [3.63, 3.8) is 0 Å². The molecule has 1 unspecified atom stereocenters. The van der Waals surface area contributed by atoms with Gasteiger partial charge in [-0.2, -0.15) is 13.2 Å². The molecule has 0 bridgehead atoms. The van der Waals surface area contributed by atoms with Crippen molar-refractivity contribution in [3.8, 4) is 11.5 Å². The molecular weight excluding hydrogens is 557 g/mol. The quantitative estimate of drug-likeness (QED) is 0.186. The van der Waals surface area contributed by atoms with E-state index in [9.17, 15) is 31.5 Å². The molecule has 0 amide bonds. The number of carbonyl (C=O) groups excluding carboxylic acids is 2. The number of fused-ring (bicyclic) bond motifs is 1. The lowest BCUT2D eigenvalue weighted by atomic mass is 10.0. The number of rotatable bonds is 3. The SMILES string of the molecule is CCOC(=O)C1=Cc2c(F)c(Cl)cc(Cl)c2OC1C(F)(F)F.O=Cc1c(O)c(Cl)cc(Cl)c1F. The average molecular weight is 568 g/mol. The fourth-order valence-corrected chi connectivity index (χ4v) is 3.59. The summed E-state index contributed by atoms with van der Waals surface area (Å²) in [6.07, 6.45) is -6.66. The highest BCUT2D eigenvalue weighted by molar-refractivity contribution is 6.36. The molecule has 3 rings (SSSR count). The van der Waals surface area contributed by atoms with E-state index in [1.807, 2.05) is 0 Å². The number of esters is 1. The summed E-state index contributed by atoms with van der Waals surface area (Å²) in [6.45, 7) is 1.28. The molecule has 2 aromatic carbocycles. The third kappa shape index (κ3) is 5.86. The molecule has 1 atom stereocenters. The van der Waals surface area contributed by atoms with Gasteiger partial charge in [-0.1, -0.05) is 46.4 Å². The van der Waals surface area contributed by atoms with Gasteiger partial charge >= 0.3 is 12.1 Å². The Bertz CT molecular complexity index is 1140. The van der Waals surface area contributed by atoms with Gasteiger partial charge in [0.1, 0.15) is 11.5 Å². The molecule has 0 saturated carbocycles. The minimum atomic E-state index is -4.91. The van der Waals surface area contributed by atoms with Gasteiger partial charge in [-0.25, -0.2) is 13.6 Å². The molecule has 0 saturated heterocycles. The van der Waals surface area contributed by atoms with Crippen LogP contribution < -0.4 is 4.74 Å². The number of hydrogen-bond donors (Lipinski definition) is 1. The van der Waals surface area contributed by atoms with Crippen LogP contribution in [0.2, 0.25) is 20.1 Å². The number of hydrogen-bond acceptors (Lipinski definition) is 5. The molecule has 1 aliphatic rings. The van der Waals surface area contributed by atoms with Crippen LogP contribution in [0.15, 0.2) is 17.7 Å². The highest BCUT2D eigenvalue weighted by atomic mass is 35.5. The number of aldehydes is 1. The Balaban J connectivity index is 0.000000287. The standard InChI is InChI=1S/C13H8Cl2F4O3.C7H3Cl2FO2/c1-2-21-12(20)6-3-5-9(16)7(14)4-8(15)10(5)22-11(6)13(17,18)19;8-4-1-5(9)7(12)3(2-11)6(4)10/h3-4,11H,2H2,1H3;1-2,12H. The van der Waals surface area contributed by atoms with Gasteiger partial charge < -0.3 is 14.6 Å². The number of carbonyl (C=O) groups is 2. The van der Waals surface area contributed by atoms with Crippen LogP contribution in [-0.4, -0.2) is 36.2 Å². The molecule has 14 heteroatoms. The smallest absolute Gasteiger partial charge is 0.430 e. The third-order valence-electron chi connectivity index (χ3n) is 4.09. The predicted octanol–water partition coefficient (Wildman–Crippen LogP) is 7.05. The molecule has 2 aromatic rings. The summed E-state index contributed by atoms with van der Waals surface area (Å²) < 4.78 is 75.3. The maximum Gasteiger partial charge on any atom is 0.430 e. The second kappa shape index (κ2) is 11.0. The molecule has 0 fully saturated rings. The van der Waals surface area contributed by atoms with Gasteiger partial charge in [0.15, 0.2) is 17.9 Å². The molecule has 1 heterocycles. The van der Waals surface area contributed by atoms with E-state index in [0.717, 1.165) is 12.1 Å². The highest BCUT2D eigenvalue weighted by Crippen LogP contribution is 2.44. The zero-order chi connectivity index (χ0) is 26.0. The third-order valence-corrected chi connectivity index (χ3v) is 5.21. The summed E-state index contributed by atoms with van der Waals surface area (Å²) in [7, 11) is 0. The Morgan fingerprint density at radius 1 is 1.09 bits per heavy atom. The lowest BCUT2D eigenvalue weighted by Gasteiger charge is -2.28. The number of phenolic OH excluding ortho intramolecular Hbond substituents is 1. The summed E-state index contributed by atoms with van der Waals surface area (Å²) >= 11 is 22.1. The van der Waals surface area contributed by atoms with E-state index in [1.165, 1.54) is 6.92 Å². The van der Waals surface area contributed by atoms with Gasteiger partial charge in [0.2, 0.25) is 6.10 Å². The predicted molar refractivity (Wildman–Crippen MR) is 115 cm³/mol. The molecule has 5 nitrogen and oxygen atoms in total. The maximum absolute atomic E-state index is 14.0. The normalized spacial score (nSPS) is 14.8. The molecule has 1 aliphatic heterocycles. The monoisotopic (exact) mass is 566 g/mol. The van der Waals surface area contributed by atoms with Crippen molar-refractivity contribution < 1.29 is 46.1 Å². The van der Waals surface area contributed by atoms with Crippen LogP contribution in [0, 0.1) is 11.6 Å². The summed E-state index contributed by atoms with van der Waals surface area (Å²) in [5.74, 6) is -4.38. The van der Waals surface area contributed by atoms with E-state index in [1.54, 1.807) is 0 Å². The van der Waals surface area contributed by atoms with Gasteiger partial charge in [0.05, 0.1) is 43.4 Å². The Hall–Kier alpha value is -2.27. The molecule has 0 aromatic heterocycles. The van der Waals surface area contributed by atoms with Crippen LogP contribution >= 0.6 is 46.4 Å². The lowest BCUT2D eigenvalue weighted by molar-refractivity contribution is -0.187. The topological polar surface area (TPSA) is 72.8 Å². The number of halogens is 9. The fraction of sp³-hybridized carbons (Fsp3) is 0.200. The first-order valence-corrected chi connectivity index (χ1v) is 10.4. The van der Waals surface area contributed by atoms with E-state index in [4.69, 9.17) is 56.2 Å². The van der Waals surface area contributed by atoms with Gasteiger partial charge in [-0.3, -0.25) is 4.79 Å². The summed E-state index contributed by atoms with van der Waals surface area (Å²) in [4.78, 5) is 21.9. The fourth-order valence-electron chi connectivity index (χ4n) is 2.59. The number of alkyl halides is 3. The van der Waals surface area contributed by atoms with Crippen LogP contribution in [0.3, 0.4) is 0 Å². The summed E-state index contributed by atoms with van der Waals surface area (Å²) in [5.41, 5.74) is -1.83. The molecular formula is C20H11Cl4F5O5. The van der Waals surface area contributed by atoms with Crippen molar-refractivity contribution in [2.24, 2.45) is 0 Å². The van der Waals surface area contributed by atoms with Crippen LogP contribution in [-0.2, 0) is 9.53 Å². The minimum absolute atomic E-state index is 0.146. The van der Waals surface area contributed by atoms with Gasteiger partial charge in [-0.15, -0.1) is 0 Å². The zero-order valence-corrected chi connectivity index (χ0v) is 19.6. The van der Waals surface area contributed by atoms with E-state index in [-0.39, 0.29) is 28.0 Å². The molecule has 1 N–H and O–H groups in total. The first-order chi connectivity index (χ1) is 15.7. The van der Waals surface area contributed by atoms with Crippen molar-refractivity contribution in [3.05, 3.63) is 60.6 Å². The van der Waals surface area contributed by atoms with E-state index in [2.05, 4.69) is 4.74 Å². The second-order valence-electron chi connectivity index (χ2n) is 6.29.